The van der Waals surface area contributed by atoms with Crippen molar-refractivity contribution < 1.29 is 23.9 Å². The van der Waals surface area contributed by atoms with Gasteiger partial charge < -0.3 is 25.4 Å². The number of rotatable bonds is 13. The van der Waals surface area contributed by atoms with Crippen LogP contribution in [0.5, 0.6) is 11.5 Å². The molecule has 1 heterocycles. The van der Waals surface area contributed by atoms with E-state index < -0.39 is 17.1 Å². The highest BCUT2D eigenvalue weighted by atomic mass is 32.2. The first-order chi connectivity index (χ1) is 23.3. The van der Waals surface area contributed by atoms with E-state index in [0.29, 0.717) is 34.3 Å². The Balaban J connectivity index is 1.27. The van der Waals surface area contributed by atoms with Crippen molar-refractivity contribution in [2.24, 2.45) is 0 Å². The molecule has 0 bridgehead atoms. The van der Waals surface area contributed by atoms with Gasteiger partial charge in [-0.15, -0.1) is 23.1 Å². The number of methoxy groups -OCH3 is 1. The molecular weight excluding hydrogens is 645 g/mol. The first-order valence-corrected chi connectivity index (χ1v) is 16.9. The molecule has 0 spiro atoms. The van der Waals surface area contributed by atoms with Gasteiger partial charge in [-0.2, -0.15) is 0 Å². The highest BCUT2D eigenvalue weighted by Crippen LogP contribution is 2.30. The van der Waals surface area contributed by atoms with Crippen molar-refractivity contribution in [3.63, 3.8) is 0 Å². The summed E-state index contributed by atoms with van der Waals surface area (Å²) in [6.45, 7) is 4.12. The van der Waals surface area contributed by atoms with Crippen LogP contribution in [0.2, 0.25) is 0 Å². The zero-order valence-corrected chi connectivity index (χ0v) is 28.2. The predicted octanol–water partition coefficient (Wildman–Crippen LogP) is 7.75. The molecule has 0 aliphatic heterocycles. The summed E-state index contributed by atoms with van der Waals surface area (Å²) in [5.41, 5.74) is 3.22. The number of aromatic nitrogens is 1. The van der Waals surface area contributed by atoms with E-state index in [2.05, 4.69) is 20.9 Å². The zero-order chi connectivity index (χ0) is 33.9. The molecule has 1 unspecified atom stereocenters. The van der Waals surface area contributed by atoms with Gasteiger partial charge in [0.15, 0.2) is 5.13 Å². The average molecular weight is 679 g/mol. The molecule has 3 amide bonds. The second-order valence-electron chi connectivity index (χ2n) is 10.4. The Labute approximate surface area is 287 Å². The summed E-state index contributed by atoms with van der Waals surface area (Å²) >= 11 is 2.69. The van der Waals surface area contributed by atoms with Crippen molar-refractivity contribution >= 4 is 57.7 Å². The molecule has 1 atom stereocenters. The molecule has 4 aromatic carbocycles. The van der Waals surface area contributed by atoms with E-state index in [1.807, 2.05) is 66.9 Å². The van der Waals surface area contributed by atoms with Crippen molar-refractivity contribution in [3.05, 3.63) is 125 Å². The highest BCUT2D eigenvalue weighted by molar-refractivity contribution is 8.00. The third-order valence-corrected chi connectivity index (χ3v) is 8.77. The molecule has 1 aromatic heterocycles. The fourth-order valence-electron chi connectivity index (χ4n) is 4.54. The van der Waals surface area contributed by atoms with Gasteiger partial charge in [0, 0.05) is 32.7 Å². The minimum Gasteiger partial charge on any atom is -0.497 e. The van der Waals surface area contributed by atoms with E-state index in [-0.39, 0.29) is 11.6 Å². The Kier molecular flexibility index (Phi) is 11.6. The lowest BCUT2D eigenvalue weighted by Gasteiger charge is -2.14. The standard InChI is InChI=1S/C37H34N4O5S2/c1-4-46-33-19-9-8-14-27(33)21-31(39-35(43)25-12-6-5-7-13-25)36(44)38-28-16-11-18-30(22-28)48-24(2)34(42)41-37-40-32(23-47-37)26-15-10-17-29(20-26)45-3/h5-24H,4H2,1-3H3,(H,38,44)(H,39,43)(H,40,41,42)/b31-21+. The van der Waals surface area contributed by atoms with E-state index in [1.165, 1.54) is 23.1 Å². The summed E-state index contributed by atoms with van der Waals surface area (Å²) in [4.78, 5) is 45.1. The van der Waals surface area contributed by atoms with Crippen LogP contribution in [0.1, 0.15) is 29.8 Å². The van der Waals surface area contributed by atoms with E-state index in [1.54, 1.807) is 68.6 Å². The summed E-state index contributed by atoms with van der Waals surface area (Å²) in [5, 5.41) is 10.5. The number of hydrogen-bond donors (Lipinski definition) is 3. The molecule has 9 nitrogen and oxygen atoms in total. The largest absolute Gasteiger partial charge is 0.497 e. The van der Waals surface area contributed by atoms with E-state index in [0.717, 1.165) is 21.9 Å². The Bertz CT molecular complexity index is 1930. The predicted molar refractivity (Wildman–Crippen MR) is 193 cm³/mol. The number of thiazole rings is 1. The Morgan fingerprint density at radius 2 is 1.69 bits per heavy atom. The topological polar surface area (TPSA) is 119 Å². The number of thioether (sulfide) groups is 1. The number of anilines is 2. The van der Waals surface area contributed by atoms with Crippen molar-refractivity contribution in [3.8, 4) is 22.8 Å². The van der Waals surface area contributed by atoms with Crippen LogP contribution in [0.3, 0.4) is 0 Å². The molecule has 48 heavy (non-hydrogen) atoms. The van der Waals surface area contributed by atoms with Crippen LogP contribution in [0.4, 0.5) is 10.8 Å². The molecule has 0 radical (unpaired) electrons. The monoisotopic (exact) mass is 678 g/mol. The number of carbonyl (C=O) groups excluding carboxylic acids is 3. The van der Waals surface area contributed by atoms with Crippen LogP contribution in [0.15, 0.2) is 119 Å². The van der Waals surface area contributed by atoms with Gasteiger partial charge in [0.2, 0.25) is 5.91 Å². The minimum atomic E-state index is -0.519. The molecule has 0 aliphatic rings. The van der Waals surface area contributed by atoms with E-state index >= 15 is 0 Å². The number of hydrogen-bond acceptors (Lipinski definition) is 8. The Morgan fingerprint density at radius 3 is 2.48 bits per heavy atom. The lowest BCUT2D eigenvalue weighted by Crippen LogP contribution is -2.30. The fraction of sp³-hybridized carbons (Fsp3) is 0.135. The summed E-state index contributed by atoms with van der Waals surface area (Å²) in [6, 6.07) is 30.7. The number of nitrogens with one attached hydrogen (secondary N) is 3. The van der Waals surface area contributed by atoms with Gasteiger partial charge in [-0.3, -0.25) is 14.4 Å². The van der Waals surface area contributed by atoms with Crippen LogP contribution in [0, 0.1) is 0 Å². The third kappa shape index (κ3) is 9.11. The van der Waals surface area contributed by atoms with Crippen LogP contribution in [-0.4, -0.2) is 41.7 Å². The summed E-state index contributed by atoms with van der Waals surface area (Å²) in [6.07, 6.45) is 1.59. The second kappa shape index (κ2) is 16.4. The fourth-order valence-corrected chi connectivity index (χ4v) is 6.19. The van der Waals surface area contributed by atoms with Crippen molar-refractivity contribution in [1.82, 2.24) is 10.3 Å². The van der Waals surface area contributed by atoms with Crippen molar-refractivity contribution in [2.45, 2.75) is 24.0 Å². The van der Waals surface area contributed by atoms with Crippen LogP contribution >= 0.6 is 23.1 Å². The molecule has 0 saturated carbocycles. The van der Waals surface area contributed by atoms with E-state index in [9.17, 15) is 14.4 Å². The first-order valence-electron chi connectivity index (χ1n) is 15.1. The van der Waals surface area contributed by atoms with Crippen LogP contribution in [-0.2, 0) is 9.59 Å². The average Bonchev–Trinajstić information content (AvgIpc) is 3.58. The molecule has 244 valence electrons. The number of ether oxygens (including phenoxy) is 2. The smallest absolute Gasteiger partial charge is 0.272 e. The Morgan fingerprint density at radius 1 is 0.917 bits per heavy atom. The Hall–Kier alpha value is -5.39. The van der Waals surface area contributed by atoms with Gasteiger partial charge in [-0.25, -0.2) is 4.98 Å². The number of amides is 3. The quantitative estimate of drug-likeness (QED) is 0.0861. The van der Waals surface area contributed by atoms with Gasteiger partial charge in [0.1, 0.15) is 17.2 Å². The molecular formula is C37H34N4O5S2. The first kappa shape index (κ1) is 34.0. The van der Waals surface area contributed by atoms with Gasteiger partial charge >= 0.3 is 0 Å². The number of benzene rings is 4. The SMILES string of the molecule is CCOc1ccccc1/C=C(/NC(=O)c1ccccc1)C(=O)Nc1cccc(SC(C)C(=O)Nc2nc(-c3cccc(OC)c3)cs2)c1. The van der Waals surface area contributed by atoms with Gasteiger partial charge in [-0.1, -0.05) is 54.6 Å². The van der Waals surface area contributed by atoms with E-state index in [4.69, 9.17) is 9.47 Å². The highest BCUT2D eigenvalue weighted by Gasteiger charge is 2.19. The van der Waals surface area contributed by atoms with Crippen LogP contribution < -0.4 is 25.4 Å². The van der Waals surface area contributed by atoms with Crippen molar-refractivity contribution in [1.29, 1.82) is 0 Å². The third-order valence-electron chi connectivity index (χ3n) is 6.92. The number of nitrogens with zero attached hydrogens (tertiary/aromatic N) is 1. The minimum absolute atomic E-state index is 0.0403. The molecule has 3 N–H and O–H groups in total. The molecule has 0 saturated heterocycles. The van der Waals surface area contributed by atoms with Gasteiger partial charge in [-0.05, 0) is 68.5 Å². The second-order valence-corrected chi connectivity index (χ2v) is 12.6. The van der Waals surface area contributed by atoms with Gasteiger partial charge in [0.05, 0.1) is 24.7 Å². The lowest BCUT2D eigenvalue weighted by atomic mass is 10.1. The number of para-hydroxylation sites is 1. The maximum Gasteiger partial charge on any atom is 0.272 e. The maximum absolute atomic E-state index is 13.6. The molecule has 0 fully saturated rings. The van der Waals surface area contributed by atoms with Gasteiger partial charge in [0.25, 0.3) is 11.8 Å². The van der Waals surface area contributed by atoms with Crippen LogP contribution in [0.25, 0.3) is 17.3 Å². The summed E-state index contributed by atoms with van der Waals surface area (Å²) < 4.78 is 11.0. The maximum atomic E-state index is 13.6. The lowest BCUT2D eigenvalue weighted by molar-refractivity contribution is -0.115. The molecule has 0 aliphatic carbocycles. The molecule has 5 aromatic rings. The summed E-state index contributed by atoms with van der Waals surface area (Å²) in [5.74, 6) is 0.160. The zero-order valence-electron chi connectivity index (χ0n) is 26.6. The number of carbonyl (C=O) groups is 3. The molecule has 11 heteroatoms. The van der Waals surface area contributed by atoms with Crippen molar-refractivity contribution in [2.75, 3.05) is 24.4 Å². The summed E-state index contributed by atoms with van der Waals surface area (Å²) in [7, 11) is 1.61. The molecule has 5 rings (SSSR count). The normalized spacial score (nSPS) is 11.7.